The molecule has 3 rings (SSSR count). The number of hydrogen-bond acceptors (Lipinski definition) is 4. The van der Waals surface area contributed by atoms with Crippen LogP contribution in [0.15, 0.2) is 35.1 Å². The van der Waals surface area contributed by atoms with E-state index in [1.165, 1.54) is 0 Å². The highest BCUT2D eigenvalue weighted by Gasteiger charge is 2.14. The average molecular weight is 332 g/mol. The lowest BCUT2D eigenvalue weighted by atomic mass is 10.3. The van der Waals surface area contributed by atoms with Gasteiger partial charge in [-0.15, -0.1) is 0 Å². The second kappa shape index (κ2) is 5.20. The third-order valence-electron chi connectivity index (χ3n) is 3.06. The van der Waals surface area contributed by atoms with Gasteiger partial charge in [0, 0.05) is 11.0 Å². The Bertz CT molecular complexity index is 748. The predicted molar refractivity (Wildman–Crippen MR) is 83.3 cm³/mol. The summed E-state index contributed by atoms with van der Waals surface area (Å²) >= 11 is 3.44. The summed E-state index contributed by atoms with van der Waals surface area (Å²) in [4.78, 5) is 8.68. The van der Waals surface area contributed by atoms with Gasteiger partial charge in [0.1, 0.15) is 12.1 Å². The molecule has 0 unspecified atom stereocenters. The van der Waals surface area contributed by atoms with Crippen LogP contribution in [0.3, 0.4) is 0 Å². The van der Waals surface area contributed by atoms with Crippen LogP contribution in [-0.2, 0) is 0 Å². The molecule has 0 aliphatic rings. The fourth-order valence-electron chi connectivity index (χ4n) is 2.18. The van der Waals surface area contributed by atoms with Crippen molar-refractivity contribution in [2.24, 2.45) is 0 Å². The molecule has 0 saturated carbocycles. The highest BCUT2D eigenvalue weighted by atomic mass is 79.9. The van der Waals surface area contributed by atoms with Gasteiger partial charge in [-0.1, -0.05) is 15.9 Å². The van der Waals surface area contributed by atoms with Crippen LogP contribution in [0.2, 0.25) is 0 Å². The Balaban J connectivity index is 2.22. The summed E-state index contributed by atoms with van der Waals surface area (Å²) in [6.07, 6.45) is 1.57. The number of aryl methyl sites for hydroxylation is 1. The summed E-state index contributed by atoms with van der Waals surface area (Å²) in [5, 5.41) is 8.81. The van der Waals surface area contributed by atoms with E-state index in [1.807, 2.05) is 42.8 Å². The molecule has 20 heavy (non-hydrogen) atoms. The molecule has 0 atom stereocenters. The van der Waals surface area contributed by atoms with E-state index in [0.29, 0.717) is 0 Å². The lowest BCUT2D eigenvalue weighted by molar-refractivity contribution is 0.876. The number of hydrogen-bond donors (Lipinski definition) is 1. The van der Waals surface area contributed by atoms with Crippen molar-refractivity contribution in [2.45, 2.75) is 13.8 Å². The number of aromatic nitrogens is 4. The molecule has 0 aliphatic carbocycles. The summed E-state index contributed by atoms with van der Waals surface area (Å²) in [6, 6.07) is 7.99. The molecule has 1 N–H and O–H groups in total. The number of nitrogens with one attached hydrogen (secondary N) is 1. The minimum atomic E-state index is 0.815. The monoisotopic (exact) mass is 331 g/mol. The van der Waals surface area contributed by atoms with Gasteiger partial charge in [0.2, 0.25) is 0 Å². The van der Waals surface area contributed by atoms with Crippen molar-refractivity contribution in [3.63, 3.8) is 0 Å². The van der Waals surface area contributed by atoms with Gasteiger partial charge in [0.05, 0.1) is 16.8 Å². The molecule has 0 radical (unpaired) electrons. The zero-order valence-electron chi connectivity index (χ0n) is 11.3. The Kier molecular flexibility index (Phi) is 3.40. The van der Waals surface area contributed by atoms with E-state index in [0.717, 1.165) is 39.3 Å². The van der Waals surface area contributed by atoms with E-state index in [4.69, 9.17) is 0 Å². The first-order valence-electron chi connectivity index (χ1n) is 6.41. The van der Waals surface area contributed by atoms with Crippen LogP contribution in [0.1, 0.15) is 12.6 Å². The SMILES string of the molecule is CCNc1ncnc2c1c(C)nn2-c1ccc(Br)cc1. The zero-order valence-corrected chi connectivity index (χ0v) is 12.8. The van der Waals surface area contributed by atoms with Crippen LogP contribution in [-0.4, -0.2) is 26.3 Å². The second-order valence-electron chi connectivity index (χ2n) is 4.42. The van der Waals surface area contributed by atoms with Crippen LogP contribution in [0.25, 0.3) is 16.7 Å². The molecule has 0 bridgehead atoms. The summed E-state index contributed by atoms with van der Waals surface area (Å²) < 4.78 is 2.89. The molecule has 3 aromatic rings. The molecule has 0 aliphatic heterocycles. The topological polar surface area (TPSA) is 55.6 Å². The first-order chi connectivity index (χ1) is 9.70. The lowest BCUT2D eigenvalue weighted by Gasteiger charge is -2.05. The first kappa shape index (κ1) is 13.1. The van der Waals surface area contributed by atoms with Gasteiger partial charge in [-0.05, 0) is 38.1 Å². The highest BCUT2D eigenvalue weighted by Crippen LogP contribution is 2.25. The van der Waals surface area contributed by atoms with Crippen molar-refractivity contribution in [3.8, 4) is 5.69 Å². The third-order valence-corrected chi connectivity index (χ3v) is 3.58. The average Bonchev–Trinajstić information content (AvgIpc) is 2.79. The number of benzene rings is 1. The molecule has 0 saturated heterocycles. The van der Waals surface area contributed by atoms with Crippen molar-refractivity contribution in [1.82, 2.24) is 19.7 Å². The van der Waals surface area contributed by atoms with Gasteiger partial charge in [0.15, 0.2) is 5.65 Å². The van der Waals surface area contributed by atoms with E-state index >= 15 is 0 Å². The van der Waals surface area contributed by atoms with Gasteiger partial charge in [-0.3, -0.25) is 0 Å². The number of rotatable bonds is 3. The molecular weight excluding hydrogens is 318 g/mol. The molecule has 1 aromatic carbocycles. The number of halogens is 1. The van der Waals surface area contributed by atoms with Gasteiger partial charge >= 0.3 is 0 Å². The number of fused-ring (bicyclic) bond motifs is 1. The Morgan fingerprint density at radius 3 is 2.65 bits per heavy atom. The minimum absolute atomic E-state index is 0.815. The Morgan fingerprint density at radius 2 is 1.95 bits per heavy atom. The minimum Gasteiger partial charge on any atom is -0.370 e. The van der Waals surface area contributed by atoms with Crippen LogP contribution < -0.4 is 5.32 Å². The fourth-order valence-corrected chi connectivity index (χ4v) is 2.45. The molecule has 0 amide bonds. The number of nitrogens with zero attached hydrogens (tertiary/aromatic N) is 4. The summed E-state index contributed by atoms with van der Waals surface area (Å²) in [5.74, 6) is 0.832. The predicted octanol–water partition coefficient (Wildman–Crippen LogP) is 3.32. The van der Waals surface area contributed by atoms with Crippen LogP contribution in [0, 0.1) is 6.92 Å². The smallest absolute Gasteiger partial charge is 0.168 e. The molecule has 2 heterocycles. The van der Waals surface area contributed by atoms with Crippen molar-refractivity contribution < 1.29 is 0 Å². The second-order valence-corrected chi connectivity index (χ2v) is 5.34. The van der Waals surface area contributed by atoms with Crippen LogP contribution >= 0.6 is 15.9 Å². The number of anilines is 1. The van der Waals surface area contributed by atoms with Gasteiger partial charge in [-0.25, -0.2) is 14.6 Å². The summed E-state index contributed by atoms with van der Waals surface area (Å²) in [5.41, 5.74) is 2.71. The third kappa shape index (κ3) is 2.16. The Morgan fingerprint density at radius 1 is 1.20 bits per heavy atom. The molecule has 6 heteroatoms. The Labute approximate surface area is 125 Å². The fraction of sp³-hybridized carbons (Fsp3) is 0.214. The first-order valence-corrected chi connectivity index (χ1v) is 7.20. The molecule has 0 fully saturated rings. The maximum absolute atomic E-state index is 4.59. The quantitative estimate of drug-likeness (QED) is 0.799. The lowest BCUT2D eigenvalue weighted by Crippen LogP contribution is -2.01. The normalized spacial score (nSPS) is 10.9. The van der Waals surface area contributed by atoms with Gasteiger partial charge in [-0.2, -0.15) is 5.10 Å². The van der Waals surface area contributed by atoms with Crippen molar-refractivity contribution in [2.75, 3.05) is 11.9 Å². The molecule has 2 aromatic heterocycles. The van der Waals surface area contributed by atoms with E-state index < -0.39 is 0 Å². The molecule has 102 valence electrons. The zero-order chi connectivity index (χ0) is 14.1. The molecular formula is C14H14BrN5. The van der Waals surface area contributed by atoms with Crippen molar-refractivity contribution >= 4 is 32.8 Å². The summed E-state index contributed by atoms with van der Waals surface area (Å²) in [6.45, 7) is 4.83. The van der Waals surface area contributed by atoms with Crippen LogP contribution in [0.5, 0.6) is 0 Å². The Hall–Kier alpha value is -1.95. The van der Waals surface area contributed by atoms with E-state index in [2.05, 4.69) is 36.3 Å². The van der Waals surface area contributed by atoms with Crippen molar-refractivity contribution in [3.05, 3.63) is 40.8 Å². The largest absolute Gasteiger partial charge is 0.370 e. The van der Waals surface area contributed by atoms with Crippen molar-refractivity contribution in [1.29, 1.82) is 0 Å². The van der Waals surface area contributed by atoms with E-state index in [1.54, 1.807) is 6.33 Å². The maximum atomic E-state index is 4.59. The van der Waals surface area contributed by atoms with Gasteiger partial charge in [0.25, 0.3) is 0 Å². The molecule has 5 nitrogen and oxygen atoms in total. The highest BCUT2D eigenvalue weighted by molar-refractivity contribution is 9.10. The van der Waals surface area contributed by atoms with Gasteiger partial charge < -0.3 is 5.32 Å². The molecule has 0 spiro atoms. The standard InChI is InChI=1S/C14H14BrN5/c1-3-16-13-12-9(2)19-20(14(12)18-8-17-13)11-6-4-10(15)5-7-11/h4-8H,3H2,1-2H3,(H,16,17,18). The van der Waals surface area contributed by atoms with E-state index in [-0.39, 0.29) is 0 Å². The maximum Gasteiger partial charge on any atom is 0.168 e. The van der Waals surface area contributed by atoms with E-state index in [9.17, 15) is 0 Å². The van der Waals surface area contributed by atoms with Crippen LogP contribution in [0.4, 0.5) is 5.82 Å². The summed E-state index contributed by atoms with van der Waals surface area (Å²) in [7, 11) is 0.